The third-order valence-corrected chi connectivity index (χ3v) is 9.30. The zero-order valence-electron chi connectivity index (χ0n) is 22.3. The Bertz CT molecular complexity index is 1670. The molecule has 0 aliphatic heterocycles. The van der Waals surface area contributed by atoms with Crippen LogP contribution in [-0.4, -0.2) is 18.1 Å². The summed E-state index contributed by atoms with van der Waals surface area (Å²) in [4.78, 5) is 1.13. The number of hydrogen-bond donors (Lipinski definition) is 2. The number of hydrogen-bond acceptors (Lipinski definition) is 6. The Morgan fingerprint density at radius 3 is 2.23 bits per heavy atom. The van der Waals surface area contributed by atoms with Gasteiger partial charge in [0, 0.05) is 15.2 Å². The molecule has 0 spiro atoms. The van der Waals surface area contributed by atoms with Crippen molar-refractivity contribution < 1.29 is 18.1 Å². The molecule has 8 heteroatoms. The number of nitrogens with zero attached hydrogens (tertiary/aromatic N) is 2. The number of aromatic hydroxyl groups is 1. The lowest BCUT2D eigenvalue weighted by atomic mass is 9.83. The molecule has 0 aromatic heterocycles. The van der Waals surface area contributed by atoms with Gasteiger partial charge in [-0.1, -0.05) is 60.9 Å². The minimum absolute atomic E-state index is 0.0817. The van der Waals surface area contributed by atoms with Crippen LogP contribution in [0.4, 0.5) is 11.4 Å². The van der Waals surface area contributed by atoms with Crippen LogP contribution in [0.5, 0.6) is 5.75 Å². The fourth-order valence-electron chi connectivity index (χ4n) is 5.26. The lowest BCUT2D eigenvalue weighted by molar-refractivity contribution is 0.443. The fourth-order valence-corrected chi connectivity index (χ4v) is 6.90. The van der Waals surface area contributed by atoms with E-state index in [-0.39, 0.29) is 10.6 Å². The maximum atomic E-state index is 12.0. The molecule has 2 N–H and O–H groups in total. The molecule has 6 nitrogen and oxygen atoms in total. The van der Waals surface area contributed by atoms with Crippen LogP contribution in [-0.2, 0) is 10.1 Å². The van der Waals surface area contributed by atoms with Gasteiger partial charge in [0.1, 0.15) is 5.69 Å². The summed E-state index contributed by atoms with van der Waals surface area (Å²) in [6, 6.07) is 18.6. The molecule has 1 aliphatic rings. The van der Waals surface area contributed by atoms with Gasteiger partial charge in [-0.3, -0.25) is 4.55 Å². The summed E-state index contributed by atoms with van der Waals surface area (Å²) < 4.78 is 33.8. The highest BCUT2D eigenvalue weighted by Crippen LogP contribution is 2.46. The third-order valence-electron chi connectivity index (χ3n) is 7.41. The quantitative estimate of drug-likeness (QED) is 0.181. The highest BCUT2D eigenvalue weighted by Gasteiger charge is 2.20. The van der Waals surface area contributed by atoms with Crippen molar-refractivity contribution in [3.63, 3.8) is 0 Å². The first-order chi connectivity index (χ1) is 18.6. The first-order valence-corrected chi connectivity index (χ1v) is 15.4. The van der Waals surface area contributed by atoms with Gasteiger partial charge in [-0.2, -0.15) is 13.5 Å². The zero-order valence-corrected chi connectivity index (χ0v) is 23.9. The molecule has 0 saturated heterocycles. The molecule has 0 radical (unpaired) electrons. The number of aryl methyl sites for hydroxylation is 3. The smallest absolute Gasteiger partial charge is 0.294 e. The third kappa shape index (κ3) is 6.03. The van der Waals surface area contributed by atoms with Gasteiger partial charge >= 0.3 is 0 Å². The monoisotopic (exact) mass is 560 g/mol. The summed E-state index contributed by atoms with van der Waals surface area (Å²) in [6.07, 6.45) is 6.33. The normalized spacial score (nSPS) is 14.9. The number of rotatable bonds is 6. The molecule has 1 fully saturated rings. The van der Waals surface area contributed by atoms with Crippen molar-refractivity contribution in [2.75, 3.05) is 0 Å². The molecule has 39 heavy (non-hydrogen) atoms. The fraction of sp³-hybridized carbons (Fsp3) is 0.290. The molecule has 1 saturated carbocycles. The van der Waals surface area contributed by atoms with Crippen LogP contribution in [0.15, 0.2) is 85.6 Å². The zero-order chi connectivity index (χ0) is 27.7. The van der Waals surface area contributed by atoms with E-state index in [1.54, 1.807) is 13.0 Å². The first kappa shape index (κ1) is 27.4. The molecule has 0 amide bonds. The minimum atomic E-state index is -4.45. The number of phenols is 1. The van der Waals surface area contributed by atoms with Gasteiger partial charge in [0.25, 0.3) is 10.1 Å². The molecule has 1 aliphatic carbocycles. The summed E-state index contributed by atoms with van der Waals surface area (Å²) in [5.74, 6) is 0.522. The predicted molar refractivity (Wildman–Crippen MR) is 157 cm³/mol. The van der Waals surface area contributed by atoms with E-state index < -0.39 is 10.1 Å². The van der Waals surface area contributed by atoms with Gasteiger partial charge in [-0.05, 0) is 98.0 Å². The van der Waals surface area contributed by atoms with Crippen LogP contribution < -0.4 is 0 Å². The second-order valence-corrected chi connectivity index (χ2v) is 12.9. The van der Waals surface area contributed by atoms with Gasteiger partial charge in [-0.25, -0.2) is 0 Å². The van der Waals surface area contributed by atoms with Crippen LogP contribution in [0.2, 0.25) is 0 Å². The Balaban J connectivity index is 1.56. The van der Waals surface area contributed by atoms with Crippen molar-refractivity contribution in [3.8, 4) is 5.75 Å². The van der Waals surface area contributed by atoms with Crippen molar-refractivity contribution >= 4 is 44.0 Å². The van der Waals surface area contributed by atoms with E-state index in [0.29, 0.717) is 32.8 Å². The number of azo groups is 1. The molecule has 0 bridgehead atoms. The van der Waals surface area contributed by atoms with Gasteiger partial charge in [0.05, 0.1) is 10.6 Å². The molecule has 0 heterocycles. The van der Waals surface area contributed by atoms with Crippen molar-refractivity contribution in [1.82, 2.24) is 0 Å². The largest absolute Gasteiger partial charge is 0.505 e. The summed E-state index contributed by atoms with van der Waals surface area (Å²) in [5, 5.41) is 21.3. The van der Waals surface area contributed by atoms with Gasteiger partial charge in [0.2, 0.25) is 0 Å². The van der Waals surface area contributed by atoms with E-state index >= 15 is 0 Å². The lowest BCUT2D eigenvalue weighted by Gasteiger charge is -2.22. The molecule has 0 atom stereocenters. The van der Waals surface area contributed by atoms with E-state index in [4.69, 9.17) is 0 Å². The predicted octanol–water partition coefficient (Wildman–Crippen LogP) is 9.33. The molecule has 4 aromatic carbocycles. The average Bonchev–Trinajstić information content (AvgIpc) is 2.90. The molecular formula is C31H32N2O4S2. The Morgan fingerprint density at radius 1 is 0.846 bits per heavy atom. The Labute approximate surface area is 233 Å². The first-order valence-electron chi connectivity index (χ1n) is 13.1. The minimum Gasteiger partial charge on any atom is -0.505 e. The van der Waals surface area contributed by atoms with Gasteiger partial charge in [0.15, 0.2) is 5.75 Å². The van der Waals surface area contributed by atoms with Crippen molar-refractivity contribution in [2.24, 2.45) is 10.2 Å². The SMILES string of the molecule is Cc1ccc(Sc2cc(S(=O)(=O)O)cc3cc(C)c(N=Nc4ccc(C5CCCCC5)cc4C)c(O)c23)cc1. The topological polar surface area (TPSA) is 99.3 Å². The van der Waals surface area contributed by atoms with E-state index in [2.05, 4.69) is 22.4 Å². The second-order valence-electron chi connectivity index (χ2n) is 10.4. The molecule has 5 rings (SSSR count). The number of fused-ring (bicyclic) bond motifs is 1. The molecule has 202 valence electrons. The number of benzene rings is 4. The van der Waals surface area contributed by atoms with E-state index in [0.717, 1.165) is 21.7 Å². The van der Waals surface area contributed by atoms with E-state index in [1.165, 1.54) is 61.6 Å². The Morgan fingerprint density at radius 2 is 1.56 bits per heavy atom. The van der Waals surface area contributed by atoms with Crippen LogP contribution in [0.3, 0.4) is 0 Å². The highest BCUT2D eigenvalue weighted by molar-refractivity contribution is 7.99. The van der Waals surface area contributed by atoms with Crippen LogP contribution in [0.1, 0.15) is 60.3 Å². The van der Waals surface area contributed by atoms with Crippen LogP contribution in [0, 0.1) is 20.8 Å². The lowest BCUT2D eigenvalue weighted by Crippen LogP contribution is -2.04. The molecular weight excluding hydrogens is 528 g/mol. The maximum absolute atomic E-state index is 12.0. The maximum Gasteiger partial charge on any atom is 0.294 e. The van der Waals surface area contributed by atoms with Crippen molar-refractivity contribution in [1.29, 1.82) is 0 Å². The average molecular weight is 561 g/mol. The van der Waals surface area contributed by atoms with Crippen LogP contribution in [0.25, 0.3) is 10.8 Å². The van der Waals surface area contributed by atoms with E-state index in [1.807, 2.05) is 44.2 Å². The van der Waals surface area contributed by atoms with Gasteiger partial charge in [-0.15, -0.1) is 5.11 Å². The molecule has 0 unspecified atom stereocenters. The van der Waals surface area contributed by atoms with Crippen molar-refractivity contribution in [3.05, 3.63) is 82.9 Å². The Kier molecular flexibility index (Phi) is 7.80. The summed E-state index contributed by atoms with van der Waals surface area (Å²) in [7, 11) is -4.45. The van der Waals surface area contributed by atoms with Gasteiger partial charge < -0.3 is 5.11 Å². The standard InChI is InChI=1S/C31H32N2O4S2/c1-19-9-12-25(13-10-19)38-28-18-26(39(35,36)37)17-24-16-21(3)30(31(34)29(24)28)33-32-27-14-11-23(15-20(27)2)22-7-5-4-6-8-22/h9-18,22,34H,4-8H2,1-3H3,(H,35,36,37). The van der Waals surface area contributed by atoms with Crippen molar-refractivity contribution in [2.45, 2.75) is 73.5 Å². The number of phenolic OH excluding ortho intramolecular Hbond substituents is 1. The highest BCUT2D eigenvalue weighted by atomic mass is 32.2. The molecule has 4 aromatic rings. The summed E-state index contributed by atoms with van der Waals surface area (Å²) >= 11 is 1.31. The summed E-state index contributed by atoms with van der Waals surface area (Å²) in [5.41, 5.74) is 5.18. The summed E-state index contributed by atoms with van der Waals surface area (Å²) in [6.45, 7) is 5.81. The Hall–Kier alpha value is -3.20. The van der Waals surface area contributed by atoms with E-state index in [9.17, 15) is 18.1 Å². The van der Waals surface area contributed by atoms with Crippen LogP contribution >= 0.6 is 11.8 Å². The second kappa shape index (κ2) is 11.1.